The van der Waals surface area contributed by atoms with Crippen LogP contribution in [0.1, 0.15) is 168 Å². The predicted molar refractivity (Wildman–Crippen MR) is 233 cm³/mol. The second kappa shape index (κ2) is 41.6. The molecule has 0 rings (SSSR count). The molecule has 57 heavy (non-hydrogen) atoms. The average molecular weight is 823 g/mol. The third kappa shape index (κ3) is 41.4. The molecule has 0 spiro atoms. The first-order valence-electron chi connectivity index (χ1n) is 21.9. The van der Waals surface area contributed by atoms with Crippen LogP contribution in [0.3, 0.4) is 0 Å². The highest BCUT2D eigenvalue weighted by Crippen LogP contribution is 2.43. The molecular weight excluding hydrogens is 743 g/mol. The monoisotopic (exact) mass is 823 g/mol. The van der Waals surface area contributed by atoms with Crippen LogP contribution in [0.15, 0.2) is 72.9 Å². The van der Waals surface area contributed by atoms with Crippen LogP contribution < -0.4 is 0 Å². The summed E-state index contributed by atoms with van der Waals surface area (Å²) < 4.78 is 32.7. The largest absolute Gasteiger partial charge is 0.472 e. The maximum absolute atomic E-state index is 12.6. The minimum absolute atomic E-state index is 0.157. The lowest BCUT2D eigenvalue weighted by Crippen LogP contribution is -2.29. The van der Waals surface area contributed by atoms with Crippen molar-refractivity contribution < 1.29 is 47.8 Å². The number of aliphatic hydroxyl groups excluding tert-OH is 2. The molecule has 0 bridgehead atoms. The molecule has 3 N–H and O–H groups in total. The molecule has 0 saturated heterocycles. The predicted octanol–water partition coefficient (Wildman–Crippen LogP) is 11.7. The fourth-order valence-corrected chi connectivity index (χ4v) is 6.21. The lowest BCUT2D eigenvalue weighted by Gasteiger charge is -2.20. The number of hydrogen-bond acceptors (Lipinski definition) is 9. The third-order valence-electron chi connectivity index (χ3n) is 8.83. The van der Waals surface area contributed by atoms with Crippen LogP contribution in [0.4, 0.5) is 0 Å². The lowest BCUT2D eigenvalue weighted by atomic mass is 10.1. The summed E-state index contributed by atoms with van der Waals surface area (Å²) in [7, 11) is -4.63. The van der Waals surface area contributed by atoms with E-state index < -0.39 is 51.8 Å². The number of aliphatic hydroxyl groups is 2. The van der Waals surface area contributed by atoms with Crippen LogP contribution >= 0.6 is 7.82 Å². The van der Waals surface area contributed by atoms with Crippen molar-refractivity contribution in [3.8, 4) is 0 Å². The van der Waals surface area contributed by atoms with Gasteiger partial charge in [0, 0.05) is 12.8 Å². The molecule has 0 saturated carbocycles. The van der Waals surface area contributed by atoms with Gasteiger partial charge in [-0.3, -0.25) is 18.6 Å². The zero-order chi connectivity index (χ0) is 41.9. The number of rotatable bonds is 40. The van der Waals surface area contributed by atoms with Crippen molar-refractivity contribution in [1.82, 2.24) is 0 Å². The topological polar surface area (TPSA) is 149 Å². The Morgan fingerprint density at radius 3 is 1.39 bits per heavy atom. The Morgan fingerprint density at radius 1 is 0.526 bits per heavy atom. The van der Waals surface area contributed by atoms with E-state index in [4.69, 9.17) is 19.1 Å². The van der Waals surface area contributed by atoms with Crippen molar-refractivity contribution >= 4 is 19.8 Å². The molecule has 0 aliphatic rings. The van der Waals surface area contributed by atoms with E-state index in [1.165, 1.54) is 44.9 Å². The smallest absolute Gasteiger partial charge is 0.462 e. The van der Waals surface area contributed by atoms with Gasteiger partial charge in [-0.1, -0.05) is 138 Å². The van der Waals surface area contributed by atoms with Gasteiger partial charge in [0.05, 0.1) is 19.8 Å². The standard InChI is InChI=1S/C46H79O10P/c1-3-5-7-9-11-13-15-17-19-20-21-22-24-25-27-29-31-33-35-37-45(49)53-41-44(42-55-57(51,52)54-40-43(48)39-47)56-46(50)38-36-34-32-30-28-26-23-18-16-14-12-10-8-6-4-2/h11-14,17-19,21-23,25,27,43-44,47-48H,3-10,15-16,20,24,26,28-42H2,1-2H3,(H,51,52)/b13-11-,14-12-,19-17-,22-21-,23-18-,27-25-/t43-,44+/m0/s1. The number of carbonyl (C=O) groups excluding carboxylic acids is 2. The van der Waals surface area contributed by atoms with E-state index >= 15 is 0 Å². The van der Waals surface area contributed by atoms with E-state index in [1.54, 1.807) is 0 Å². The minimum atomic E-state index is -4.63. The number of ether oxygens (including phenoxy) is 2. The molecule has 0 aromatic heterocycles. The molecule has 10 nitrogen and oxygen atoms in total. The van der Waals surface area contributed by atoms with Crippen LogP contribution in [0, 0.1) is 0 Å². The van der Waals surface area contributed by atoms with Gasteiger partial charge in [0.15, 0.2) is 6.10 Å². The third-order valence-corrected chi connectivity index (χ3v) is 9.78. The first-order valence-corrected chi connectivity index (χ1v) is 23.4. The van der Waals surface area contributed by atoms with Crippen molar-refractivity contribution in [2.45, 2.75) is 180 Å². The average Bonchev–Trinajstić information content (AvgIpc) is 3.20. The zero-order valence-corrected chi connectivity index (χ0v) is 36.4. The van der Waals surface area contributed by atoms with Crippen LogP contribution in [0.25, 0.3) is 0 Å². The number of allylic oxidation sites excluding steroid dienone is 12. The molecule has 11 heteroatoms. The first-order chi connectivity index (χ1) is 27.7. The molecule has 0 amide bonds. The molecule has 0 aliphatic carbocycles. The van der Waals surface area contributed by atoms with Crippen LogP contribution in [0.2, 0.25) is 0 Å². The van der Waals surface area contributed by atoms with E-state index in [2.05, 4.69) is 91.3 Å². The van der Waals surface area contributed by atoms with Gasteiger partial charge in [-0.2, -0.15) is 0 Å². The summed E-state index contributed by atoms with van der Waals surface area (Å²) in [6.07, 6.45) is 47.2. The summed E-state index contributed by atoms with van der Waals surface area (Å²) in [6.45, 7) is 2.26. The maximum Gasteiger partial charge on any atom is 0.472 e. The van der Waals surface area contributed by atoms with Crippen LogP contribution in [-0.2, 0) is 32.7 Å². The van der Waals surface area contributed by atoms with Crippen molar-refractivity contribution in [3.05, 3.63) is 72.9 Å². The van der Waals surface area contributed by atoms with Gasteiger partial charge in [0.25, 0.3) is 0 Å². The maximum atomic E-state index is 12.6. The van der Waals surface area contributed by atoms with Crippen LogP contribution in [0.5, 0.6) is 0 Å². The molecule has 0 aromatic rings. The van der Waals surface area contributed by atoms with E-state index in [9.17, 15) is 24.2 Å². The Morgan fingerprint density at radius 2 is 0.912 bits per heavy atom. The van der Waals surface area contributed by atoms with Gasteiger partial charge >= 0.3 is 19.8 Å². The molecule has 0 heterocycles. The van der Waals surface area contributed by atoms with E-state index in [0.29, 0.717) is 12.8 Å². The fourth-order valence-electron chi connectivity index (χ4n) is 5.42. The summed E-state index contributed by atoms with van der Waals surface area (Å²) in [5.74, 6) is -0.983. The van der Waals surface area contributed by atoms with Gasteiger partial charge in [-0.15, -0.1) is 0 Å². The molecule has 328 valence electrons. The van der Waals surface area contributed by atoms with Crippen molar-refractivity contribution in [3.63, 3.8) is 0 Å². The molecule has 0 aromatic carbocycles. The Kier molecular flexibility index (Phi) is 39.7. The normalized spacial score (nSPS) is 14.5. The summed E-state index contributed by atoms with van der Waals surface area (Å²) in [5.41, 5.74) is 0. The van der Waals surface area contributed by atoms with Crippen molar-refractivity contribution in [1.29, 1.82) is 0 Å². The minimum Gasteiger partial charge on any atom is -0.462 e. The Bertz CT molecular complexity index is 1180. The van der Waals surface area contributed by atoms with Crippen LogP contribution in [-0.4, -0.2) is 65.7 Å². The van der Waals surface area contributed by atoms with Crippen molar-refractivity contribution in [2.75, 3.05) is 26.4 Å². The lowest BCUT2D eigenvalue weighted by molar-refractivity contribution is -0.161. The SMILES string of the molecule is CCCCC/C=C\C/C=C\C/C=C\C/C=C\CCCCCC(=O)OC[C@H](COP(=O)(O)OC[C@@H](O)CO)OC(=O)CCCCCCC/C=C\C/C=C\CCCCC. The second-order valence-corrected chi connectivity index (χ2v) is 15.8. The summed E-state index contributed by atoms with van der Waals surface area (Å²) in [5, 5.41) is 18.3. The number of phosphoric ester groups is 1. The Hall–Kier alpha value is -2.59. The van der Waals surface area contributed by atoms with E-state index in [1.807, 2.05) is 0 Å². The second-order valence-electron chi connectivity index (χ2n) is 14.4. The molecule has 0 radical (unpaired) electrons. The fraction of sp³-hybridized carbons (Fsp3) is 0.696. The highest BCUT2D eigenvalue weighted by atomic mass is 31.2. The van der Waals surface area contributed by atoms with Crippen molar-refractivity contribution in [2.24, 2.45) is 0 Å². The molecule has 0 aliphatic heterocycles. The van der Waals surface area contributed by atoms with Gasteiger partial charge in [-0.05, 0) is 89.9 Å². The molecular formula is C46H79O10P. The van der Waals surface area contributed by atoms with E-state index in [-0.39, 0.29) is 19.4 Å². The number of unbranched alkanes of at least 4 members (excludes halogenated alkanes) is 14. The number of carbonyl (C=O) groups is 2. The molecule has 0 fully saturated rings. The molecule has 1 unspecified atom stereocenters. The quantitative estimate of drug-likeness (QED) is 0.0236. The molecule has 3 atom stereocenters. The summed E-state index contributed by atoms with van der Waals surface area (Å²) in [6, 6.07) is 0. The first kappa shape index (κ1) is 54.4. The summed E-state index contributed by atoms with van der Waals surface area (Å²) in [4.78, 5) is 35.0. The number of hydrogen-bond donors (Lipinski definition) is 3. The Labute approximate surface area is 346 Å². The van der Waals surface area contributed by atoms with Gasteiger partial charge in [0.1, 0.15) is 12.7 Å². The number of esters is 2. The number of phosphoric acid groups is 1. The zero-order valence-electron chi connectivity index (χ0n) is 35.5. The summed E-state index contributed by atoms with van der Waals surface area (Å²) >= 11 is 0. The van der Waals surface area contributed by atoms with Gasteiger partial charge in [-0.25, -0.2) is 4.57 Å². The Balaban J connectivity index is 4.39. The highest BCUT2D eigenvalue weighted by molar-refractivity contribution is 7.47. The highest BCUT2D eigenvalue weighted by Gasteiger charge is 2.27. The van der Waals surface area contributed by atoms with Gasteiger partial charge < -0.3 is 24.6 Å². The van der Waals surface area contributed by atoms with E-state index in [0.717, 1.165) is 83.5 Å². The van der Waals surface area contributed by atoms with Gasteiger partial charge in [0.2, 0.25) is 0 Å².